The smallest absolute Gasteiger partial charge is 0.223 e. The van der Waals surface area contributed by atoms with E-state index in [0.717, 1.165) is 9.88 Å². The van der Waals surface area contributed by atoms with E-state index in [2.05, 4.69) is 10.3 Å². The number of anilines is 1. The summed E-state index contributed by atoms with van der Waals surface area (Å²) in [5, 5.41) is 3.73. The van der Waals surface area contributed by atoms with Gasteiger partial charge in [-0.1, -0.05) is 0 Å². The summed E-state index contributed by atoms with van der Waals surface area (Å²) in [7, 11) is 0. The summed E-state index contributed by atoms with van der Waals surface area (Å²) in [6, 6.07) is 7.09. The summed E-state index contributed by atoms with van der Waals surface area (Å²) in [6.07, 6.45) is 2.12. The molecule has 0 spiro atoms. The number of aromatic nitrogens is 1. The number of carbonyl (C=O) groups excluding carboxylic acids is 1. The van der Waals surface area contributed by atoms with Crippen molar-refractivity contribution in [2.45, 2.75) is 19.9 Å². The molecule has 0 bridgehead atoms. The number of nitrogens with two attached hydrogens (primary N) is 1. The minimum atomic E-state index is -0.0479. The Morgan fingerprint density at radius 1 is 1.40 bits per heavy atom. The molecule has 2 aromatic rings. The number of aryl methyl sites for hydroxylation is 1. The molecule has 0 unspecified atom stereocenters. The van der Waals surface area contributed by atoms with Crippen LogP contribution in [-0.4, -0.2) is 17.5 Å². The zero-order valence-electron chi connectivity index (χ0n) is 11.3. The maximum absolute atomic E-state index is 11.6. The third-order valence-corrected chi connectivity index (χ3v) is 3.50. The van der Waals surface area contributed by atoms with Crippen molar-refractivity contribution in [2.24, 2.45) is 0 Å². The highest BCUT2D eigenvalue weighted by Crippen LogP contribution is 2.13. The van der Waals surface area contributed by atoms with Crippen LogP contribution in [0.2, 0.25) is 0 Å². The average Bonchev–Trinajstić information content (AvgIpc) is 2.85. The number of ether oxygens (including phenoxy) is 1. The van der Waals surface area contributed by atoms with Crippen molar-refractivity contribution in [3.63, 3.8) is 0 Å². The highest BCUT2D eigenvalue weighted by Gasteiger charge is 2.04. The van der Waals surface area contributed by atoms with Crippen molar-refractivity contribution in [2.75, 3.05) is 12.3 Å². The van der Waals surface area contributed by atoms with Gasteiger partial charge in [0.25, 0.3) is 0 Å². The summed E-state index contributed by atoms with van der Waals surface area (Å²) < 4.78 is 5.46. The number of thiazole rings is 1. The molecule has 1 heterocycles. The molecular formula is C14H17N3O2S. The molecule has 0 saturated carbocycles. The minimum Gasteiger partial charge on any atom is -0.493 e. The van der Waals surface area contributed by atoms with Gasteiger partial charge in [-0.3, -0.25) is 4.79 Å². The summed E-state index contributed by atoms with van der Waals surface area (Å²) in [6.45, 7) is 2.80. The second kappa shape index (κ2) is 6.91. The lowest BCUT2D eigenvalue weighted by Gasteiger charge is -2.06. The molecule has 106 valence electrons. The molecule has 0 saturated heterocycles. The van der Waals surface area contributed by atoms with Gasteiger partial charge >= 0.3 is 0 Å². The lowest BCUT2D eigenvalue weighted by Crippen LogP contribution is -2.24. The van der Waals surface area contributed by atoms with Crippen LogP contribution in [-0.2, 0) is 11.3 Å². The Bertz CT molecular complexity index is 566. The molecule has 3 N–H and O–H groups in total. The molecule has 0 radical (unpaired) electrons. The number of nitrogens with one attached hydrogen (secondary N) is 1. The number of nitrogen functional groups attached to an aromatic ring is 1. The minimum absolute atomic E-state index is 0.0479. The van der Waals surface area contributed by atoms with E-state index in [9.17, 15) is 4.79 Å². The molecule has 1 aromatic carbocycles. The normalized spacial score (nSPS) is 10.2. The molecule has 0 fully saturated rings. The molecule has 5 nitrogen and oxygen atoms in total. The van der Waals surface area contributed by atoms with E-state index in [1.54, 1.807) is 41.8 Å². The van der Waals surface area contributed by atoms with Crippen molar-refractivity contribution < 1.29 is 9.53 Å². The molecule has 0 aliphatic carbocycles. The maximum Gasteiger partial charge on any atom is 0.223 e. The fourth-order valence-electron chi connectivity index (χ4n) is 1.57. The van der Waals surface area contributed by atoms with E-state index in [0.29, 0.717) is 31.0 Å². The van der Waals surface area contributed by atoms with E-state index in [4.69, 9.17) is 10.5 Å². The predicted octanol–water partition coefficient (Wildman–Crippen LogP) is 2.12. The number of hydrogen-bond acceptors (Lipinski definition) is 5. The predicted molar refractivity (Wildman–Crippen MR) is 79.7 cm³/mol. The molecule has 1 amide bonds. The Morgan fingerprint density at radius 2 is 2.15 bits per heavy atom. The van der Waals surface area contributed by atoms with Crippen molar-refractivity contribution in [1.29, 1.82) is 0 Å². The number of rotatable bonds is 6. The van der Waals surface area contributed by atoms with E-state index in [-0.39, 0.29) is 5.91 Å². The molecule has 0 aliphatic rings. The second-order valence-electron chi connectivity index (χ2n) is 4.31. The standard InChI is InChI=1S/C14H17N3O2S/c1-10-8-17-14(20-10)9-16-13(18)6-7-19-12-4-2-11(15)3-5-12/h2-5,8H,6-7,9,15H2,1H3,(H,16,18). The topological polar surface area (TPSA) is 77.2 Å². The van der Waals surface area contributed by atoms with Gasteiger partial charge in [-0.25, -0.2) is 4.98 Å². The zero-order valence-corrected chi connectivity index (χ0v) is 12.1. The summed E-state index contributed by atoms with van der Waals surface area (Å²) in [5.41, 5.74) is 6.26. The first-order chi connectivity index (χ1) is 9.63. The van der Waals surface area contributed by atoms with Crippen LogP contribution in [0.5, 0.6) is 5.75 Å². The molecule has 20 heavy (non-hydrogen) atoms. The third-order valence-electron chi connectivity index (χ3n) is 2.58. The summed E-state index contributed by atoms with van der Waals surface area (Å²) >= 11 is 1.58. The quantitative estimate of drug-likeness (QED) is 0.799. The zero-order chi connectivity index (χ0) is 14.4. The lowest BCUT2D eigenvalue weighted by atomic mass is 10.3. The van der Waals surface area contributed by atoms with E-state index >= 15 is 0 Å². The monoisotopic (exact) mass is 291 g/mol. The molecule has 0 aliphatic heterocycles. The Morgan fingerprint density at radius 3 is 2.80 bits per heavy atom. The Hall–Kier alpha value is -2.08. The van der Waals surface area contributed by atoms with Crippen LogP contribution < -0.4 is 15.8 Å². The van der Waals surface area contributed by atoms with Gasteiger partial charge in [-0.2, -0.15) is 0 Å². The van der Waals surface area contributed by atoms with E-state index < -0.39 is 0 Å². The van der Waals surface area contributed by atoms with Crippen molar-refractivity contribution in [3.8, 4) is 5.75 Å². The largest absolute Gasteiger partial charge is 0.493 e. The van der Waals surface area contributed by atoms with Crippen LogP contribution in [0.4, 0.5) is 5.69 Å². The van der Waals surface area contributed by atoms with Crippen LogP contribution in [0.25, 0.3) is 0 Å². The van der Waals surface area contributed by atoms with E-state index in [1.807, 2.05) is 6.92 Å². The Balaban J connectivity index is 1.66. The third kappa shape index (κ3) is 4.55. The molecule has 6 heteroatoms. The Kier molecular flexibility index (Phi) is 4.95. The molecule has 2 rings (SSSR count). The van der Waals surface area contributed by atoms with Gasteiger partial charge in [0.05, 0.1) is 19.6 Å². The van der Waals surface area contributed by atoms with Crippen molar-refractivity contribution >= 4 is 22.9 Å². The fraction of sp³-hybridized carbons (Fsp3) is 0.286. The first-order valence-corrected chi connectivity index (χ1v) is 7.11. The van der Waals surface area contributed by atoms with Crippen LogP contribution in [0.1, 0.15) is 16.3 Å². The highest BCUT2D eigenvalue weighted by molar-refractivity contribution is 7.11. The molecule has 1 aromatic heterocycles. The van der Waals surface area contributed by atoms with Crippen LogP contribution in [0.3, 0.4) is 0 Å². The Labute approximate surface area is 121 Å². The maximum atomic E-state index is 11.6. The number of amides is 1. The summed E-state index contributed by atoms with van der Waals surface area (Å²) in [4.78, 5) is 17.0. The number of carbonyl (C=O) groups is 1. The van der Waals surface area contributed by atoms with Crippen molar-refractivity contribution in [3.05, 3.63) is 40.3 Å². The van der Waals surface area contributed by atoms with Crippen LogP contribution in [0, 0.1) is 6.92 Å². The first kappa shape index (κ1) is 14.3. The lowest BCUT2D eigenvalue weighted by molar-refractivity contribution is -0.121. The average molecular weight is 291 g/mol. The van der Waals surface area contributed by atoms with Gasteiger partial charge in [-0.15, -0.1) is 11.3 Å². The van der Waals surface area contributed by atoms with Gasteiger partial charge in [-0.05, 0) is 31.2 Å². The van der Waals surface area contributed by atoms with E-state index in [1.165, 1.54) is 0 Å². The van der Waals surface area contributed by atoms with Gasteiger partial charge in [0, 0.05) is 16.8 Å². The van der Waals surface area contributed by atoms with Gasteiger partial charge in [0.2, 0.25) is 5.91 Å². The summed E-state index contributed by atoms with van der Waals surface area (Å²) in [5.74, 6) is 0.663. The number of nitrogens with zero attached hydrogens (tertiary/aromatic N) is 1. The number of benzene rings is 1. The van der Waals surface area contributed by atoms with Gasteiger partial charge in [0.15, 0.2) is 0 Å². The van der Waals surface area contributed by atoms with Gasteiger partial charge in [0.1, 0.15) is 10.8 Å². The fourth-order valence-corrected chi connectivity index (χ4v) is 2.30. The van der Waals surface area contributed by atoms with Crippen LogP contribution in [0.15, 0.2) is 30.5 Å². The first-order valence-electron chi connectivity index (χ1n) is 6.30. The molecular weight excluding hydrogens is 274 g/mol. The molecule has 0 atom stereocenters. The van der Waals surface area contributed by atoms with Crippen LogP contribution >= 0.6 is 11.3 Å². The van der Waals surface area contributed by atoms with Gasteiger partial charge < -0.3 is 15.8 Å². The second-order valence-corrected chi connectivity index (χ2v) is 5.63. The SMILES string of the molecule is Cc1cnc(CNC(=O)CCOc2ccc(N)cc2)s1. The van der Waals surface area contributed by atoms with Crippen molar-refractivity contribution in [1.82, 2.24) is 10.3 Å². The number of hydrogen-bond donors (Lipinski definition) is 2. The highest BCUT2D eigenvalue weighted by atomic mass is 32.1.